The van der Waals surface area contributed by atoms with Crippen molar-refractivity contribution in [3.63, 3.8) is 0 Å². The highest BCUT2D eigenvalue weighted by atomic mass is 16.5. The van der Waals surface area contributed by atoms with Crippen LogP contribution in [0.2, 0.25) is 0 Å². The number of carboxylic acids is 1. The van der Waals surface area contributed by atoms with Gasteiger partial charge in [0.15, 0.2) is 0 Å². The summed E-state index contributed by atoms with van der Waals surface area (Å²) in [7, 11) is 0. The topological polar surface area (TPSA) is 78.9 Å². The normalized spacial score (nSPS) is 21.7. The molecule has 2 amide bonds. The maximum atomic E-state index is 12.0. The van der Waals surface area contributed by atoms with Gasteiger partial charge >= 0.3 is 12.0 Å². The van der Waals surface area contributed by atoms with Gasteiger partial charge < -0.3 is 20.1 Å². The van der Waals surface area contributed by atoms with Gasteiger partial charge in [-0.15, -0.1) is 12.3 Å². The highest BCUT2D eigenvalue weighted by Gasteiger charge is 2.39. The lowest BCUT2D eigenvalue weighted by atomic mass is 10.0. The van der Waals surface area contributed by atoms with Crippen molar-refractivity contribution in [3.05, 3.63) is 0 Å². The molecule has 0 saturated carbocycles. The minimum absolute atomic E-state index is 0.154. The maximum absolute atomic E-state index is 12.0. The van der Waals surface area contributed by atoms with E-state index in [0.29, 0.717) is 25.9 Å². The lowest BCUT2D eigenvalue weighted by Crippen LogP contribution is -2.50. The molecule has 2 N–H and O–H groups in total. The largest absolute Gasteiger partial charge is 0.481 e. The number of carbonyl (C=O) groups excluding carboxylic acids is 1. The van der Waals surface area contributed by atoms with E-state index < -0.39 is 17.9 Å². The van der Waals surface area contributed by atoms with Crippen LogP contribution in [0, 0.1) is 18.3 Å². The Morgan fingerprint density at radius 1 is 1.53 bits per heavy atom. The van der Waals surface area contributed by atoms with E-state index in [0.717, 1.165) is 0 Å². The number of hydrogen-bond acceptors (Lipinski definition) is 3. The fourth-order valence-electron chi connectivity index (χ4n) is 2.10. The van der Waals surface area contributed by atoms with Crippen LogP contribution in [0.4, 0.5) is 4.79 Å². The molecule has 1 fully saturated rings. The van der Waals surface area contributed by atoms with E-state index >= 15 is 0 Å². The highest BCUT2D eigenvalue weighted by molar-refractivity contribution is 5.77. The third-order valence-corrected chi connectivity index (χ3v) is 3.14. The first-order chi connectivity index (χ1) is 9.11. The number of ether oxygens (including phenoxy) is 1. The summed E-state index contributed by atoms with van der Waals surface area (Å²) in [5, 5.41) is 11.8. The van der Waals surface area contributed by atoms with Gasteiger partial charge in [0.1, 0.15) is 5.92 Å². The molecular weight excluding hydrogens is 248 g/mol. The molecule has 0 aromatic heterocycles. The van der Waals surface area contributed by atoms with Gasteiger partial charge in [-0.05, 0) is 13.3 Å². The Morgan fingerprint density at radius 2 is 2.26 bits per heavy atom. The molecular formula is C13H20N2O4. The molecule has 19 heavy (non-hydrogen) atoms. The maximum Gasteiger partial charge on any atom is 0.317 e. The third-order valence-electron chi connectivity index (χ3n) is 3.14. The zero-order valence-corrected chi connectivity index (χ0v) is 11.1. The average Bonchev–Trinajstić information content (AvgIpc) is 2.85. The Morgan fingerprint density at radius 3 is 2.84 bits per heavy atom. The van der Waals surface area contributed by atoms with Crippen molar-refractivity contribution in [2.45, 2.75) is 25.8 Å². The molecule has 2 unspecified atom stereocenters. The van der Waals surface area contributed by atoms with Gasteiger partial charge in [0.25, 0.3) is 0 Å². The molecule has 106 valence electrons. The minimum atomic E-state index is -0.930. The molecule has 0 aliphatic carbocycles. The standard InChI is InChI=1S/C13H20N2O4/c1-3-5-6-7-14-13(18)15(4-2)11-9-19-8-10(11)12(16)17/h1,10-11H,4-9H2,2H3,(H,14,18)(H,16,17). The fraction of sp³-hybridized carbons (Fsp3) is 0.692. The Labute approximate surface area is 113 Å². The van der Waals surface area contributed by atoms with Gasteiger partial charge in [-0.3, -0.25) is 4.79 Å². The first-order valence-electron chi connectivity index (χ1n) is 6.40. The van der Waals surface area contributed by atoms with E-state index in [1.807, 2.05) is 6.92 Å². The van der Waals surface area contributed by atoms with E-state index in [4.69, 9.17) is 16.3 Å². The summed E-state index contributed by atoms with van der Waals surface area (Å²) in [6.45, 7) is 3.17. The fourth-order valence-corrected chi connectivity index (χ4v) is 2.10. The smallest absolute Gasteiger partial charge is 0.317 e. The average molecular weight is 268 g/mol. The SMILES string of the molecule is C#CCCCNC(=O)N(CC)C1COCC1C(=O)O. The number of terminal acetylenes is 1. The lowest BCUT2D eigenvalue weighted by molar-refractivity contribution is -0.142. The van der Waals surface area contributed by atoms with Gasteiger partial charge in [-0.1, -0.05) is 0 Å². The number of carboxylic acid groups (broad SMARTS) is 1. The summed E-state index contributed by atoms with van der Waals surface area (Å²) >= 11 is 0. The van der Waals surface area contributed by atoms with Gasteiger partial charge in [-0.25, -0.2) is 4.79 Å². The van der Waals surface area contributed by atoms with Crippen LogP contribution in [0.15, 0.2) is 0 Å². The third kappa shape index (κ3) is 4.14. The molecule has 0 bridgehead atoms. The molecule has 6 nitrogen and oxygen atoms in total. The van der Waals surface area contributed by atoms with Crippen molar-refractivity contribution in [3.8, 4) is 12.3 Å². The van der Waals surface area contributed by atoms with E-state index in [2.05, 4.69) is 11.2 Å². The molecule has 1 rings (SSSR count). The number of aliphatic carboxylic acids is 1. The number of nitrogens with zero attached hydrogens (tertiary/aromatic N) is 1. The summed E-state index contributed by atoms with van der Waals surface area (Å²) < 4.78 is 5.18. The Balaban J connectivity index is 2.54. The molecule has 0 aromatic rings. The van der Waals surface area contributed by atoms with Gasteiger partial charge in [-0.2, -0.15) is 0 Å². The van der Waals surface area contributed by atoms with Crippen molar-refractivity contribution in [1.82, 2.24) is 10.2 Å². The van der Waals surface area contributed by atoms with Crippen LogP contribution >= 0.6 is 0 Å². The molecule has 1 saturated heterocycles. The number of urea groups is 1. The molecule has 2 atom stereocenters. The predicted molar refractivity (Wildman–Crippen MR) is 69.6 cm³/mol. The Kier molecular flexibility index (Phi) is 6.16. The lowest BCUT2D eigenvalue weighted by Gasteiger charge is -2.29. The van der Waals surface area contributed by atoms with Gasteiger partial charge in [0, 0.05) is 19.5 Å². The Hall–Kier alpha value is -1.74. The van der Waals surface area contributed by atoms with E-state index in [-0.39, 0.29) is 19.2 Å². The summed E-state index contributed by atoms with van der Waals surface area (Å²) in [6, 6.07) is -0.670. The first kappa shape index (κ1) is 15.3. The van der Waals surface area contributed by atoms with Crippen LogP contribution in [0.5, 0.6) is 0 Å². The first-order valence-corrected chi connectivity index (χ1v) is 6.40. The second-order valence-corrected chi connectivity index (χ2v) is 4.38. The van der Waals surface area contributed by atoms with Gasteiger partial charge in [0.05, 0.1) is 19.3 Å². The van der Waals surface area contributed by atoms with E-state index in [1.54, 1.807) is 0 Å². The van der Waals surface area contributed by atoms with E-state index in [1.165, 1.54) is 4.90 Å². The number of carbonyl (C=O) groups is 2. The summed E-state index contributed by atoms with van der Waals surface area (Å²) in [5.41, 5.74) is 0. The Bertz CT molecular complexity index is 364. The monoisotopic (exact) mass is 268 g/mol. The van der Waals surface area contributed by atoms with Crippen molar-refractivity contribution in [2.75, 3.05) is 26.3 Å². The molecule has 0 radical (unpaired) electrons. The summed E-state index contributed by atoms with van der Waals surface area (Å²) in [4.78, 5) is 24.6. The van der Waals surface area contributed by atoms with Crippen molar-refractivity contribution >= 4 is 12.0 Å². The number of amides is 2. The number of rotatable bonds is 6. The van der Waals surface area contributed by atoms with Crippen molar-refractivity contribution in [2.24, 2.45) is 5.92 Å². The van der Waals surface area contributed by atoms with Crippen molar-refractivity contribution in [1.29, 1.82) is 0 Å². The zero-order valence-electron chi connectivity index (χ0n) is 11.1. The van der Waals surface area contributed by atoms with Crippen LogP contribution in [-0.2, 0) is 9.53 Å². The summed E-state index contributed by atoms with van der Waals surface area (Å²) in [6.07, 6.45) is 6.45. The molecule has 1 aliphatic heterocycles. The molecule has 0 aromatic carbocycles. The van der Waals surface area contributed by atoms with Crippen LogP contribution in [0.1, 0.15) is 19.8 Å². The molecule has 1 aliphatic rings. The quantitative estimate of drug-likeness (QED) is 0.544. The van der Waals surface area contributed by atoms with Crippen LogP contribution in [0.25, 0.3) is 0 Å². The highest BCUT2D eigenvalue weighted by Crippen LogP contribution is 2.20. The zero-order chi connectivity index (χ0) is 14.3. The minimum Gasteiger partial charge on any atom is -0.481 e. The van der Waals surface area contributed by atoms with E-state index in [9.17, 15) is 9.59 Å². The molecule has 1 heterocycles. The second-order valence-electron chi connectivity index (χ2n) is 4.38. The molecule has 6 heteroatoms. The molecule has 0 spiro atoms. The van der Waals surface area contributed by atoms with Crippen LogP contribution < -0.4 is 5.32 Å². The van der Waals surface area contributed by atoms with Crippen molar-refractivity contribution < 1.29 is 19.4 Å². The number of hydrogen-bond donors (Lipinski definition) is 2. The summed E-state index contributed by atoms with van der Waals surface area (Å²) in [5.74, 6) is 0.913. The number of likely N-dealkylation sites (N-methyl/N-ethyl adjacent to an activating group) is 1. The van der Waals surface area contributed by atoms with Crippen LogP contribution in [-0.4, -0.2) is 54.4 Å². The van der Waals surface area contributed by atoms with Gasteiger partial charge in [0.2, 0.25) is 0 Å². The second kappa shape index (κ2) is 7.64. The number of nitrogens with one attached hydrogen (secondary N) is 1. The van der Waals surface area contributed by atoms with Crippen LogP contribution in [0.3, 0.4) is 0 Å². The number of unbranched alkanes of at least 4 members (excludes halogenated alkanes) is 1. The predicted octanol–water partition coefficient (Wildman–Crippen LogP) is 0.531.